The number of nitrogens with zero attached hydrogens (tertiary/aromatic N) is 2. The molecule has 16 rings (SSSR count). The van der Waals surface area contributed by atoms with Gasteiger partial charge in [-0.15, -0.1) is 0 Å². The van der Waals surface area contributed by atoms with Crippen molar-refractivity contribution in [2.75, 3.05) is 4.90 Å². The molecule has 12 aromatic rings. The largest absolute Gasteiger partial charge is 0.457 e. The Morgan fingerprint density at radius 1 is 0.348 bits per heavy atom. The molecule has 2 spiro atoms. The van der Waals surface area contributed by atoms with E-state index in [1.165, 1.54) is 77.5 Å². The Kier molecular flexibility index (Phi) is 11.6. The maximum atomic E-state index is 7.54. The van der Waals surface area contributed by atoms with Gasteiger partial charge in [0.25, 0.3) is 0 Å². The molecule has 0 radical (unpaired) electrons. The first-order valence-corrected chi connectivity index (χ1v) is 31.9. The minimum absolute atomic E-state index is 0.135. The fourth-order valence-corrected chi connectivity index (χ4v) is 15.8. The molecule has 0 atom stereocenters. The summed E-state index contributed by atoms with van der Waals surface area (Å²) >= 11 is 0. The van der Waals surface area contributed by atoms with Gasteiger partial charge in [0.1, 0.15) is 23.0 Å². The van der Waals surface area contributed by atoms with E-state index in [-0.39, 0.29) is 21.7 Å². The van der Waals surface area contributed by atoms with Crippen molar-refractivity contribution in [2.24, 2.45) is 0 Å². The number of ether oxygens (including phenoxy) is 2. The maximum Gasteiger partial charge on any atom is 0.134 e. The van der Waals surface area contributed by atoms with Gasteiger partial charge in [0.15, 0.2) is 0 Å². The Morgan fingerprint density at radius 3 is 1.39 bits per heavy atom. The third kappa shape index (κ3) is 7.78. The average molecular weight is 1160 g/mol. The molecule has 3 heterocycles. The van der Waals surface area contributed by atoms with Gasteiger partial charge in [0, 0.05) is 50.0 Å². The molecule has 4 aliphatic rings. The highest BCUT2D eigenvalue weighted by molar-refractivity contribution is 6.09. The van der Waals surface area contributed by atoms with E-state index >= 15 is 0 Å². The quantitative estimate of drug-likeness (QED) is 0.176. The van der Waals surface area contributed by atoms with Gasteiger partial charge in [0.2, 0.25) is 0 Å². The van der Waals surface area contributed by atoms with Crippen LogP contribution in [0.4, 0.5) is 17.1 Å². The number of aromatic nitrogens is 1. The van der Waals surface area contributed by atoms with Gasteiger partial charge in [-0.3, -0.25) is 0 Å². The molecule has 0 unspecified atom stereocenters. The normalized spacial score (nSPS) is 14.7. The lowest BCUT2D eigenvalue weighted by Crippen LogP contribution is -2.35. The summed E-state index contributed by atoms with van der Waals surface area (Å²) in [6.45, 7) is 30.3. The van der Waals surface area contributed by atoms with E-state index in [0.29, 0.717) is 0 Å². The predicted octanol–water partition coefficient (Wildman–Crippen LogP) is 22.7. The van der Waals surface area contributed by atoms with Crippen molar-refractivity contribution in [2.45, 2.75) is 122 Å². The van der Waals surface area contributed by atoms with Gasteiger partial charge in [-0.25, -0.2) is 0 Å². The zero-order valence-corrected chi connectivity index (χ0v) is 53.6. The average Bonchev–Trinajstić information content (AvgIpc) is 1.58. The summed E-state index contributed by atoms with van der Waals surface area (Å²) < 4.78 is 17.2. The smallest absolute Gasteiger partial charge is 0.134 e. The molecule has 4 nitrogen and oxygen atoms in total. The third-order valence-corrected chi connectivity index (χ3v) is 20.3. The second-order valence-electron chi connectivity index (χ2n) is 29.7. The molecule has 0 saturated heterocycles. The molecule has 0 bridgehead atoms. The molecule has 89 heavy (non-hydrogen) atoms. The Balaban J connectivity index is 1.08. The van der Waals surface area contributed by atoms with Crippen LogP contribution in [0.1, 0.15) is 155 Å². The molecule has 0 saturated carbocycles. The van der Waals surface area contributed by atoms with Crippen molar-refractivity contribution in [1.29, 1.82) is 0 Å². The molecule has 4 heteroatoms. The van der Waals surface area contributed by atoms with Crippen LogP contribution in [0.3, 0.4) is 0 Å². The second kappa shape index (κ2) is 18.8. The Bertz CT molecular complexity index is 4800. The van der Waals surface area contributed by atoms with Crippen molar-refractivity contribution < 1.29 is 9.47 Å². The Labute approximate surface area is 525 Å². The summed E-state index contributed by atoms with van der Waals surface area (Å²) in [5.41, 5.74) is 25.2. The number of fused-ring (bicyclic) bond motifs is 21. The van der Waals surface area contributed by atoms with Gasteiger partial charge in [-0.05, 0) is 168 Å². The molecule has 11 aromatic carbocycles. The first kappa shape index (κ1) is 55.0. The number of rotatable bonds is 4. The van der Waals surface area contributed by atoms with E-state index in [2.05, 4.69) is 324 Å². The number of hydrogen-bond acceptors (Lipinski definition) is 3. The van der Waals surface area contributed by atoms with Crippen LogP contribution >= 0.6 is 0 Å². The van der Waals surface area contributed by atoms with E-state index in [0.717, 1.165) is 84.6 Å². The predicted molar refractivity (Wildman–Crippen MR) is 370 cm³/mol. The van der Waals surface area contributed by atoms with E-state index in [1.54, 1.807) is 0 Å². The van der Waals surface area contributed by atoms with Gasteiger partial charge in [0.05, 0.1) is 33.2 Å². The van der Waals surface area contributed by atoms with Gasteiger partial charge >= 0.3 is 0 Å². The van der Waals surface area contributed by atoms with Crippen LogP contribution in [0.25, 0.3) is 49.7 Å². The molecular formula is C85H76N2O2. The van der Waals surface area contributed by atoms with E-state index in [1.807, 2.05) is 0 Å². The zero-order valence-electron chi connectivity index (χ0n) is 53.6. The highest BCUT2D eigenvalue weighted by Crippen LogP contribution is 2.69. The van der Waals surface area contributed by atoms with Crippen LogP contribution in [-0.2, 0) is 32.5 Å². The molecule has 1 aromatic heterocycles. The molecule has 438 valence electrons. The van der Waals surface area contributed by atoms with Crippen molar-refractivity contribution in [3.05, 3.63) is 297 Å². The topological polar surface area (TPSA) is 26.6 Å². The maximum absolute atomic E-state index is 7.54. The van der Waals surface area contributed by atoms with E-state index in [4.69, 9.17) is 9.47 Å². The molecular weight excluding hydrogens is 1080 g/mol. The Morgan fingerprint density at radius 2 is 0.809 bits per heavy atom. The molecule has 0 amide bonds. The summed E-state index contributed by atoms with van der Waals surface area (Å²) in [4.78, 5) is 2.65. The molecule has 0 fully saturated rings. The highest BCUT2D eigenvalue weighted by Gasteiger charge is 2.56. The number of hydrogen-bond donors (Lipinski definition) is 0. The highest BCUT2D eigenvalue weighted by atomic mass is 16.5. The summed E-state index contributed by atoms with van der Waals surface area (Å²) in [5.74, 6) is 3.47. The van der Waals surface area contributed by atoms with Crippen LogP contribution in [-0.4, -0.2) is 4.57 Å². The number of para-hydroxylation sites is 3. The second-order valence-corrected chi connectivity index (χ2v) is 29.7. The fourth-order valence-electron chi connectivity index (χ4n) is 15.8. The first-order valence-electron chi connectivity index (χ1n) is 31.9. The van der Waals surface area contributed by atoms with Crippen LogP contribution in [0, 0.1) is 6.92 Å². The summed E-state index contributed by atoms with van der Waals surface area (Å²) in [6.07, 6.45) is 0. The van der Waals surface area contributed by atoms with E-state index in [9.17, 15) is 0 Å². The minimum atomic E-state index is -0.843. The lowest BCUT2D eigenvalue weighted by Gasteiger charge is -2.44. The SMILES string of the molecule is Cc1ccc2c(c1N(c1cccc(-n3c4ccccc4c4ccccc43)c1)c1cccc3c1-c1ccccc1C31c3cc(C(C)(C)C)ccc3Oc3ccc(C(C)(C)C)cc31)C1(c3ccccc3O2)c2cc(C(C)(C)C)ccc2-c2ccc(C(C)(C)C)cc21. The number of benzene rings is 11. The summed E-state index contributed by atoms with van der Waals surface area (Å²) in [6, 6.07) is 85.6. The van der Waals surface area contributed by atoms with Gasteiger partial charge < -0.3 is 18.9 Å². The lowest BCUT2D eigenvalue weighted by atomic mass is 9.64. The van der Waals surface area contributed by atoms with Gasteiger partial charge in [-0.1, -0.05) is 235 Å². The molecule has 2 aliphatic heterocycles. The lowest BCUT2D eigenvalue weighted by molar-refractivity contribution is 0.433. The van der Waals surface area contributed by atoms with Crippen molar-refractivity contribution in [3.8, 4) is 50.9 Å². The van der Waals surface area contributed by atoms with E-state index < -0.39 is 10.8 Å². The Hall–Kier alpha value is -9.38. The van der Waals surface area contributed by atoms with Crippen molar-refractivity contribution >= 4 is 38.9 Å². The third-order valence-electron chi connectivity index (χ3n) is 20.3. The molecule has 2 aliphatic carbocycles. The van der Waals surface area contributed by atoms with Crippen LogP contribution in [0.15, 0.2) is 224 Å². The summed E-state index contributed by atoms with van der Waals surface area (Å²) in [7, 11) is 0. The van der Waals surface area contributed by atoms with Crippen LogP contribution in [0.5, 0.6) is 23.0 Å². The zero-order chi connectivity index (χ0) is 61.5. The van der Waals surface area contributed by atoms with Gasteiger partial charge in [-0.2, -0.15) is 0 Å². The van der Waals surface area contributed by atoms with Crippen molar-refractivity contribution in [3.63, 3.8) is 0 Å². The van der Waals surface area contributed by atoms with Crippen molar-refractivity contribution in [1.82, 2.24) is 4.57 Å². The monoisotopic (exact) mass is 1160 g/mol. The van der Waals surface area contributed by atoms with Crippen LogP contribution in [0.2, 0.25) is 0 Å². The molecule has 0 N–H and O–H groups in total. The number of aryl methyl sites for hydroxylation is 1. The first-order chi connectivity index (χ1) is 42.6. The minimum Gasteiger partial charge on any atom is -0.457 e. The number of anilines is 3. The van der Waals surface area contributed by atoms with Crippen LogP contribution < -0.4 is 14.4 Å². The standard InChI is InChI=1S/C85H76N2O2/c1-51-36-43-76-78(85(64-30-18-21-35-73(64)89-76)66-46-52(80(2,3)4)37-41-58(66)59-42-38-53(47-67(59)85)81(5,6)7)79(51)87(57-25-22-24-56(50-57)86-70-32-19-15-26-60(70)61-27-16-20-33-71(61)86)72-34-23-31-65-77(72)62-28-14-17-29-63(62)84(65)68-48-54(82(8,9)10)39-44-74(68)88-75-45-40-55(49-69(75)84)83(11,12)13/h14-50H,1-13H3. The fraction of sp³-hybridized carbons (Fsp3) is 0.224. The summed E-state index contributed by atoms with van der Waals surface area (Å²) in [5, 5.41) is 2.45.